The van der Waals surface area contributed by atoms with Crippen LogP contribution in [0.15, 0.2) is 18.5 Å². The highest BCUT2D eigenvalue weighted by atomic mass is 19.4. The highest BCUT2D eigenvalue weighted by Crippen LogP contribution is 2.37. The third-order valence-electron chi connectivity index (χ3n) is 2.46. The zero-order valence-corrected chi connectivity index (χ0v) is 7.67. The molecule has 0 aliphatic carbocycles. The zero-order chi connectivity index (χ0) is 11.1. The summed E-state index contributed by atoms with van der Waals surface area (Å²) < 4.78 is 37.7. The molecular weight excluding hydrogens is 209 g/mol. The third-order valence-corrected chi connectivity index (χ3v) is 2.46. The first kappa shape index (κ1) is 10.4. The fourth-order valence-electron chi connectivity index (χ4n) is 1.56. The average Bonchev–Trinajstić information content (AvgIpc) is 2.13. The predicted molar refractivity (Wildman–Crippen MR) is 46.0 cm³/mol. The Morgan fingerprint density at radius 2 is 2.07 bits per heavy atom. The normalized spacial score (nSPS) is 19.7. The lowest BCUT2D eigenvalue weighted by atomic mass is 9.86. The zero-order valence-electron chi connectivity index (χ0n) is 7.67. The number of hydrogen-bond acceptors (Lipinski definition) is 3. The Morgan fingerprint density at radius 3 is 2.53 bits per heavy atom. The topological polar surface area (TPSA) is 45.2 Å². The van der Waals surface area contributed by atoms with E-state index in [0.29, 0.717) is 0 Å². The van der Waals surface area contributed by atoms with Gasteiger partial charge in [-0.2, -0.15) is 13.2 Å². The Hall–Kier alpha value is -1.14. The molecule has 82 valence electrons. The summed E-state index contributed by atoms with van der Waals surface area (Å²) in [5, 5.41) is 12.6. The minimum absolute atomic E-state index is 0.127. The fraction of sp³-hybridized carbons (Fsp3) is 0.444. The van der Waals surface area contributed by atoms with Crippen molar-refractivity contribution in [3.63, 3.8) is 0 Å². The van der Waals surface area contributed by atoms with E-state index >= 15 is 0 Å². The Balaban J connectivity index is 2.47. The summed E-state index contributed by atoms with van der Waals surface area (Å²) in [4.78, 5) is 3.62. The lowest BCUT2D eigenvalue weighted by Gasteiger charge is -2.39. The van der Waals surface area contributed by atoms with Gasteiger partial charge in [-0.3, -0.25) is 4.98 Å². The van der Waals surface area contributed by atoms with Crippen molar-refractivity contribution < 1.29 is 18.3 Å². The van der Waals surface area contributed by atoms with Crippen LogP contribution in [0.2, 0.25) is 0 Å². The monoisotopic (exact) mass is 218 g/mol. The molecule has 6 heteroatoms. The number of β-amino-alcohol motifs (C(OH)–C–C–N with tert-alkyl or cyclic N) is 1. The van der Waals surface area contributed by atoms with Gasteiger partial charge in [0, 0.05) is 31.0 Å². The smallest absolute Gasteiger partial charge is 0.382 e. The molecule has 0 atom stereocenters. The van der Waals surface area contributed by atoms with Crippen LogP contribution in [0.3, 0.4) is 0 Å². The molecule has 2 heterocycles. The number of nitrogens with zero attached hydrogens (tertiary/aromatic N) is 1. The van der Waals surface area contributed by atoms with Crippen molar-refractivity contribution in [2.45, 2.75) is 11.8 Å². The Bertz CT molecular complexity index is 374. The van der Waals surface area contributed by atoms with Crippen LogP contribution in [-0.2, 0) is 11.8 Å². The van der Waals surface area contributed by atoms with Crippen molar-refractivity contribution in [2.24, 2.45) is 0 Å². The molecule has 1 aromatic heterocycles. The number of aliphatic hydroxyl groups is 1. The van der Waals surface area contributed by atoms with E-state index in [0.717, 1.165) is 18.5 Å². The van der Waals surface area contributed by atoms with Gasteiger partial charge < -0.3 is 10.4 Å². The Kier molecular flexibility index (Phi) is 2.20. The lowest BCUT2D eigenvalue weighted by molar-refractivity contribution is -0.142. The highest BCUT2D eigenvalue weighted by Gasteiger charge is 2.44. The molecule has 0 spiro atoms. The fourth-order valence-corrected chi connectivity index (χ4v) is 1.56. The van der Waals surface area contributed by atoms with Gasteiger partial charge >= 0.3 is 6.18 Å². The summed E-state index contributed by atoms with van der Waals surface area (Å²) in [6.07, 6.45) is -2.31. The number of halogens is 3. The molecule has 0 saturated carbocycles. The molecule has 1 aromatic rings. The Labute approximate surface area is 83.9 Å². The van der Waals surface area contributed by atoms with E-state index < -0.39 is 17.3 Å². The van der Waals surface area contributed by atoms with Gasteiger partial charge in [-0.05, 0) is 6.07 Å². The molecule has 0 radical (unpaired) electrons. The van der Waals surface area contributed by atoms with Crippen molar-refractivity contribution >= 4 is 0 Å². The molecule has 0 unspecified atom stereocenters. The van der Waals surface area contributed by atoms with Gasteiger partial charge in [0.25, 0.3) is 0 Å². The second-order valence-corrected chi connectivity index (χ2v) is 3.55. The first-order valence-corrected chi connectivity index (χ1v) is 4.38. The van der Waals surface area contributed by atoms with Gasteiger partial charge in [-0.1, -0.05) is 0 Å². The molecule has 2 rings (SSSR count). The lowest BCUT2D eigenvalue weighted by Crippen LogP contribution is -2.57. The molecule has 1 aliphatic rings. The molecule has 1 fully saturated rings. The van der Waals surface area contributed by atoms with Gasteiger partial charge in [0.15, 0.2) is 0 Å². The minimum atomic E-state index is -4.45. The third kappa shape index (κ3) is 1.70. The van der Waals surface area contributed by atoms with E-state index in [1.165, 1.54) is 0 Å². The van der Waals surface area contributed by atoms with Crippen molar-refractivity contribution in [2.75, 3.05) is 13.1 Å². The molecule has 2 N–H and O–H groups in total. The maximum atomic E-state index is 12.6. The number of alkyl halides is 3. The second kappa shape index (κ2) is 3.18. The maximum absolute atomic E-state index is 12.6. The molecule has 0 bridgehead atoms. The van der Waals surface area contributed by atoms with Crippen LogP contribution in [0.25, 0.3) is 0 Å². The van der Waals surface area contributed by atoms with E-state index in [9.17, 15) is 18.3 Å². The minimum Gasteiger partial charge on any atom is -0.382 e. The molecule has 1 aliphatic heterocycles. The molecular formula is C9H9F3N2O. The summed E-state index contributed by atoms with van der Waals surface area (Å²) in [7, 11) is 0. The van der Waals surface area contributed by atoms with Crippen LogP contribution < -0.4 is 5.32 Å². The number of aromatic nitrogens is 1. The number of hydrogen-bond donors (Lipinski definition) is 2. The van der Waals surface area contributed by atoms with Gasteiger partial charge in [-0.25, -0.2) is 0 Å². The predicted octanol–water partition coefficient (Wildman–Crippen LogP) is 0.891. The van der Waals surface area contributed by atoms with Crippen molar-refractivity contribution in [3.8, 4) is 0 Å². The van der Waals surface area contributed by atoms with E-state index in [-0.39, 0.29) is 18.7 Å². The molecule has 3 nitrogen and oxygen atoms in total. The molecule has 15 heavy (non-hydrogen) atoms. The van der Waals surface area contributed by atoms with Crippen LogP contribution in [-0.4, -0.2) is 23.2 Å². The van der Waals surface area contributed by atoms with Crippen molar-refractivity contribution in [1.82, 2.24) is 10.3 Å². The van der Waals surface area contributed by atoms with E-state index in [2.05, 4.69) is 10.3 Å². The van der Waals surface area contributed by atoms with Gasteiger partial charge in [0.05, 0.1) is 5.56 Å². The summed E-state index contributed by atoms with van der Waals surface area (Å²) >= 11 is 0. The average molecular weight is 218 g/mol. The molecule has 0 amide bonds. The van der Waals surface area contributed by atoms with Gasteiger partial charge in [0.2, 0.25) is 0 Å². The Morgan fingerprint density at radius 1 is 1.40 bits per heavy atom. The summed E-state index contributed by atoms with van der Waals surface area (Å²) in [5.74, 6) is 0. The largest absolute Gasteiger partial charge is 0.416 e. The van der Waals surface area contributed by atoms with E-state index in [1.807, 2.05) is 0 Å². The number of pyridine rings is 1. The van der Waals surface area contributed by atoms with E-state index in [4.69, 9.17) is 0 Å². The van der Waals surface area contributed by atoms with Crippen LogP contribution in [0.1, 0.15) is 11.1 Å². The van der Waals surface area contributed by atoms with Crippen LogP contribution in [0.5, 0.6) is 0 Å². The SMILES string of the molecule is OC1(c2cnccc2C(F)(F)F)CNC1. The van der Waals surface area contributed by atoms with Gasteiger partial charge in [0.1, 0.15) is 5.60 Å². The van der Waals surface area contributed by atoms with Crippen LogP contribution in [0.4, 0.5) is 13.2 Å². The quantitative estimate of drug-likeness (QED) is 0.735. The summed E-state index contributed by atoms with van der Waals surface area (Å²) in [6.45, 7) is 0.254. The first-order chi connectivity index (χ1) is 6.93. The van der Waals surface area contributed by atoms with E-state index in [1.54, 1.807) is 0 Å². The number of nitrogens with one attached hydrogen (secondary N) is 1. The van der Waals surface area contributed by atoms with Crippen LogP contribution in [0, 0.1) is 0 Å². The molecule has 1 saturated heterocycles. The van der Waals surface area contributed by atoms with Gasteiger partial charge in [-0.15, -0.1) is 0 Å². The molecule has 0 aromatic carbocycles. The van der Waals surface area contributed by atoms with Crippen molar-refractivity contribution in [3.05, 3.63) is 29.6 Å². The van der Waals surface area contributed by atoms with Crippen LogP contribution >= 0.6 is 0 Å². The highest BCUT2D eigenvalue weighted by molar-refractivity contribution is 5.34. The first-order valence-electron chi connectivity index (χ1n) is 4.38. The maximum Gasteiger partial charge on any atom is 0.416 e. The summed E-state index contributed by atoms with van der Waals surface area (Å²) in [5.41, 5.74) is -2.41. The van der Waals surface area contributed by atoms with Crippen molar-refractivity contribution in [1.29, 1.82) is 0 Å². The summed E-state index contributed by atoms with van der Waals surface area (Å²) in [6, 6.07) is 0.881. The standard InChI is InChI=1S/C9H9F3N2O/c10-9(11,12)6-1-2-13-3-7(6)8(15)4-14-5-8/h1-3,14-15H,4-5H2. The second-order valence-electron chi connectivity index (χ2n) is 3.55. The number of rotatable bonds is 1.